The van der Waals surface area contributed by atoms with E-state index >= 15 is 0 Å². The van der Waals surface area contributed by atoms with Crippen LogP contribution >= 0.6 is 43.4 Å². The Hall–Kier alpha value is 1.11. The van der Waals surface area contributed by atoms with Gasteiger partial charge in [-0.25, -0.2) is 0 Å². The van der Waals surface area contributed by atoms with Crippen LogP contribution in [0.1, 0.15) is 103 Å². The average molecular weight is 542 g/mol. The van der Waals surface area contributed by atoms with Gasteiger partial charge in [0, 0.05) is 24.2 Å². The van der Waals surface area contributed by atoms with Crippen LogP contribution in [0, 0.1) is 0 Å². The predicted molar refractivity (Wildman–Crippen MR) is 141 cm³/mol. The number of hydrogen-bond acceptors (Lipinski definition) is 7. The molecule has 1 aliphatic heterocycles. The molecule has 0 radical (unpaired) electrons. The highest BCUT2D eigenvalue weighted by Crippen LogP contribution is 2.79. The summed E-state index contributed by atoms with van der Waals surface area (Å²) in [6.07, 6.45) is 19.7. The summed E-state index contributed by atoms with van der Waals surface area (Å²) in [6.45, 7) is 0. The second kappa shape index (κ2) is 10.6. The van der Waals surface area contributed by atoms with Crippen molar-refractivity contribution < 1.29 is 0 Å². The molecule has 4 N–H and O–H groups in total. The zero-order valence-corrected chi connectivity index (χ0v) is 23.3. The Morgan fingerprint density at radius 3 is 1.03 bits per heavy atom. The lowest BCUT2D eigenvalue weighted by Crippen LogP contribution is -2.37. The van der Waals surface area contributed by atoms with Gasteiger partial charge in [0.05, 0.1) is 0 Å². The van der Waals surface area contributed by atoms with E-state index in [0.717, 1.165) is 0 Å². The van der Waals surface area contributed by atoms with Crippen molar-refractivity contribution in [1.29, 1.82) is 0 Å². The van der Waals surface area contributed by atoms with Gasteiger partial charge in [-0.2, -0.15) is 13.5 Å². The van der Waals surface area contributed by atoms with Crippen LogP contribution in [0.4, 0.5) is 0 Å². The van der Waals surface area contributed by atoms with Crippen LogP contribution < -0.4 is 20.3 Å². The number of hydrogen-bond donors (Lipinski definition) is 4. The summed E-state index contributed by atoms with van der Waals surface area (Å²) in [7, 11) is -4.96. The predicted octanol–water partition coefficient (Wildman–Crippen LogP) is 8.45. The van der Waals surface area contributed by atoms with Gasteiger partial charge in [-0.15, -0.1) is 0 Å². The summed E-state index contributed by atoms with van der Waals surface area (Å²) < 4.78 is 15.7. The molecule has 0 spiro atoms. The minimum absolute atomic E-state index is 0.441. The third kappa shape index (κ3) is 6.26. The van der Waals surface area contributed by atoms with E-state index in [0.29, 0.717) is 24.2 Å². The molecular formula is C20H40Cl2N7P3. The first-order valence-electron chi connectivity index (χ1n) is 12.9. The van der Waals surface area contributed by atoms with Gasteiger partial charge in [-0.3, -0.25) is 20.3 Å². The highest BCUT2D eigenvalue weighted by atomic mass is 35.9. The topological polar surface area (TPSA) is 85.2 Å². The zero-order chi connectivity index (χ0) is 22.1. The van der Waals surface area contributed by atoms with Crippen molar-refractivity contribution in [3.05, 3.63) is 0 Å². The van der Waals surface area contributed by atoms with Gasteiger partial charge in [0.25, 0.3) is 5.91 Å². The lowest BCUT2D eigenvalue weighted by molar-refractivity contribution is 0.601. The number of nitrogens with one attached hydrogen (secondary N) is 4. The molecule has 32 heavy (non-hydrogen) atoms. The second-order valence-corrected chi connectivity index (χ2v) is 20.2. The van der Waals surface area contributed by atoms with Gasteiger partial charge in [-0.05, 0) is 73.8 Å². The molecule has 0 amide bonds. The lowest BCUT2D eigenvalue weighted by Gasteiger charge is -2.38. The molecule has 0 aromatic carbocycles. The summed E-state index contributed by atoms with van der Waals surface area (Å²) in [5, 5.41) is 15.7. The van der Waals surface area contributed by atoms with E-state index in [1.165, 1.54) is 103 Å². The first-order valence-corrected chi connectivity index (χ1v) is 19.7. The molecule has 5 aliphatic rings. The van der Waals surface area contributed by atoms with E-state index in [1.54, 1.807) is 0 Å². The van der Waals surface area contributed by atoms with Gasteiger partial charge < -0.3 is 0 Å². The van der Waals surface area contributed by atoms with Crippen molar-refractivity contribution >= 4 is 43.4 Å². The fraction of sp³-hybridized carbons (Fsp3) is 1.00. The van der Waals surface area contributed by atoms with Crippen LogP contribution in [0.5, 0.6) is 0 Å². The quantitative estimate of drug-likeness (QED) is 0.232. The fourth-order valence-corrected chi connectivity index (χ4v) is 19.9. The van der Waals surface area contributed by atoms with Gasteiger partial charge in [0.15, 0.2) is 0 Å². The Bertz CT molecular complexity index is 738. The number of halogens is 2. The third-order valence-electron chi connectivity index (χ3n) is 7.60. The molecule has 7 nitrogen and oxygen atoms in total. The zero-order valence-electron chi connectivity index (χ0n) is 19.1. The smallest absolute Gasteiger partial charge is 0.250 e. The molecule has 0 saturated heterocycles. The Kier molecular flexibility index (Phi) is 8.22. The monoisotopic (exact) mass is 541 g/mol. The second-order valence-electron chi connectivity index (χ2n) is 10.4. The maximum Gasteiger partial charge on any atom is 0.257 e. The van der Waals surface area contributed by atoms with Crippen LogP contribution in [0.3, 0.4) is 0 Å². The first-order chi connectivity index (χ1) is 15.4. The van der Waals surface area contributed by atoms with E-state index in [9.17, 15) is 0 Å². The van der Waals surface area contributed by atoms with Crippen LogP contribution in [-0.4, -0.2) is 24.2 Å². The van der Waals surface area contributed by atoms with Crippen LogP contribution in [0.15, 0.2) is 13.5 Å². The molecule has 4 saturated carbocycles. The Morgan fingerprint density at radius 2 is 0.719 bits per heavy atom. The SMILES string of the molecule is ClP1(Cl)=NP(NC2CCCC2)(NC2CCCC2)=NP(NC2CCCC2)(NC2CCCC2)=N1. The molecule has 4 fully saturated rings. The summed E-state index contributed by atoms with van der Waals surface area (Å²) >= 11 is 13.9. The van der Waals surface area contributed by atoms with Gasteiger partial charge in [0.2, 0.25) is 15.0 Å². The molecule has 0 aromatic heterocycles. The van der Waals surface area contributed by atoms with Crippen LogP contribution in [0.2, 0.25) is 0 Å². The minimum atomic E-state index is -2.86. The molecule has 184 valence electrons. The molecule has 5 rings (SSSR count). The van der Waals surface area contributed by atoms with E-state index in [1.807, 2.05) is 0 Å². The van der Waals surface area contributed by atoms with Crippen molar-refractivity contribution in [3.63, 3.8) is 0 Å². The minimum Gasteiger partial charge on any atom is -0.250 e. The van der Waals surface area contributed by atoms with Crippen LogP contribution in [-0.2, 0) is 0 Å². The van der Waals surface area contributed by atoms with Crippen molar-refractivity contribution in [2.75, 3.05) is 0 Å². The number of rotatable bonds is 8. The standard InChI is InChI=1S/C20H40Cl2N7P3/c21-30(22)27-31(23-17-9-1-2-10-17,24-18-11-3-4-12-18)29-32(28-30,25-19-13-5-6-14-19)26-20-15-7-8-16-20/h17-20,23-26H,1-16H2. The average Bonchev–Trinajstić information content (AvgIpc) is 3.49. The van der Waals surface area contributed by atoms with Crippen molar-refractivity contribution in [3.8, 4) is 0 Å². The van der Waals surface area contributed by atoms with Gasteiger partial charge in [0.1, 0.15) is 0 Å². The third-order valence-corrected chi connectivity index (χ3v) is 18.8. The van der Waals surface area contributed by atoms with Crippen molar-refractivity contribution in [2.45, 2.75) is 127 Å². The lowest BCUT2D eigenvalue weighted by atomic mass is 10.3. The largest absolute Gasteiger partial charge is 0.257 e. The normalized spacial score (nSPS) is 30.9. The van der Waals surface area contributed by atoms with E-state index in [2.05, 4.69) is 20.3 Å². The summed E-state index contributed by atoms with van der Waals surface area (Å²) in [6, 6.07) is 1.76. The molecule has 0 aromatic rings. The molecule has 4 aliphatic carbocycles. The molecule has 12 heteroatoms. The maximum absolute atomic E-state index is 6.96. The van der Waals surface area contributed by atoms with Crippen molar-refractivity contribution in [1.82, 2.24) is 20.3 Å². The Morgan fingerprint density at radius 1 is 0.438 bits per heavy atom. The van der Waals surface area contributed by atoms with Gasteiger partial charge >= 0.3 is 0 Å². The van der Waals surface area contributed by atoms with E-state index in [-0.39, 0.29) is 0 Å². The maximum atomic E-state index is 6.96. The highest BCUT2D eigenvalue weighted by molar-refractivity contribution is 8.13. The Labute approximate surface area is 203 Å². The van der Waals surface area contributed by atoms with E-state index in [4.69, 9.17) is 36.0 Å². The molecule has 0 bridgehead atoms. The number of nitrogens with zero attached hydrogens (tertiary/aromatic N) is 3. The van der Waals surface area contributed by atoms with Crippen LogP contribution in [0.25, 0.3) is 0 Å². The fourth-order valence-electron chi connectivity index (χ4n) is 6.07. The summed E-state index contributed by atoms with van der Waals surface area (Å²) in [5.74, 6) is -2.86. The highest BCUT2D eigenvalue weighted by Gasteiger charge is 2.41. The van der Waals surface area contributed by atoms with Crippen molar-refractivity contribution in [2.24, 2.45) is 13.5 Å². The molecular weight excluding hydrogens is 502 g/mol. The van der Waals surface area contributed by atoms with E-state index < -0.39 is 20.9 Å². The molecule has 0 atom stereocenters. The summed E-state index contributed by atoms with van der Waals surface area (Å²) in [5.41, 5.74) is 0. The Balaban J connectivity index is 1.56. The van der Waals surface area contributed by atoms with Gasteiger partial charge in [-0.1, -0.05) is 51.4 Å². The molecule has 0 unspecified atom stereocenters. The summed E-state index contributed by atoms with van der Waals surface area (Å²) in [4.78, 5) is 0. The first kappa shape index (κ1) is 24.8. The molecule has 1 heterocycles.